The predicted molar refractivity (Wildman–Crippen MR) is 49.1 cm³/mol. The van der Waals surface area contributed by atoms with Gasteiger partial charge in [0.1, 0.15) is 0 Å². The minimum atomic E-state index is -1.78. The molecular formula is C8H9BO5. The fourth-order valence-corrected chi connectivity index (χ4v) is 1.11. The summed E-state index contributed by atoms with van der Waals surface area (Å²) in [6, 6.07) is 3.76. The monoisotopic (exact) mass is 196 g/mol. The Kier molecular flexibility index (Phi) is 3.24. The molecule has 4 N–H and O–H groups in total. The average Bonchev–Trinajstić information content (AvgIpc) is 2.16. The van der Waals surface area contributed by atoms with Crippen molar-refractivity contribution in [3.63, 3.8) is 0 Å². The summed E-state index contributed by atoms with van der Waals surface area (Å²) < 4.78 is 0. The topological polar surface area (TPSA) is 98.0 Å². The van der Waals surface area contributed by atoms with Crippen LogP contribution in [0, 0.1) is 0 Å². The molecule has 0 bridgehead atoms. The molecule has 0 fully saturated rings. The van der Waals surface area contributed by atoms with E-state index in [0.29, 0.717) is 5.56 Å². The van der Waals surface area contributed by atoms with E-state index in [4.69, 9.17) is 20.3 Å². The maximum atomic E-state index is 10.5. The fourth-order valence-electron chi connectivity index (χ4n) is 1.11. The summed E-state index contributed by atoms with van der Waals surface area (Å²) in [6.07, 6.45) is 0. The Labute approximate surface area is 80.4 Å². The molecule has 0 unspecified atom stereocenters. The first-order valence-corrected chi connectivity index (χ1v) is 3.89. The van der Waals surface area contributed by atoms with Crippen LogP contribution in [0.1, 0.15) is 15.9 Å². The van der Waals surface area contributed by atoms with Crippen LogP contribution in [0.3, 0.4) is 0 Å². The van der Waals surface area contributed by atoms with Crippen molar-refractivity contribution in [2.24, 2.45) is 0 Å². The number of aromatic carboxylic acids is 1. The zero-order valence-corrected chi connectivity index (χ0v) is 7.21. The number of aliphatic hydroxyl groups excluding tert-OH is 1. The van der Waals surface area contributed by atoms with Gasteiger partial charge in [0, 0.05) is 0 Å². The molecule has 0 aliphatic carbocycles. The number of carboxylic acid groups (broad SMARTS) is 1. The van der Waals surface area contributed by atoms with Gasteiger partial charge in [0.25, 0.3) is 0 Å². The summed E-state index contributed by atoms with van der Waals surface area (Å²) in [5.41, 5.74) is 0.253. The van der Waals surface area contributed by atoms with Gasteiger partial charge in [-0.25, -0.2) is 4.79 Å². The summed E-state index contributed by atoms with van der Waals surface area (Å²) >= 11 is 0. The molecule has 1 rings (SSSR count). The SMILES string of the molecule is O=C(O)c1ccc(CO)c(B(O)O)c1. The number of hydrogen-bond acceptors (Lipinski definition) is 4. The molecule has 0 saturated carbocycles. The van der Waals surface area contributed by atoms with Crippen LogP contribution in [0.2, 0.25) is 0 Å². The van der Waals surface area contributed by atoms with Gasteiger partial charge in [-0.15, -0.1) is 0 Å². The van der Waals surface area contributed by atoms with E-state index < -0.39 is 13.1 Å². The molecule has 0 aliphatic heterocycles. The zero-order chi connectivity index (χ0) is 10.7. The van der Waals surface area contributed by atoms with E-state index in [9.17, 15) is 4.79 Å². The third-order valence-corrected chi connectivity index (χ3v) is 1.84. The van der Waals surface area contributed by atoms with E-state index in [1.807, 2.05) is 0 Å². The molecular weight excluding hydrogens is 187 g/mol. The van der Waals surface area contributed by atoms with Crippen molar-refractivity contribution >= 4 is 18.6 Å². The Morgan fingerprint density at radius 1 is 1.36 bits per heavy atom. The highest BCUT2D eigenvalue weighted by Gasteiger charge is 2.17. The van der Waals surface area contributed by atoms with Crippen LogP contribution in [0.15, 0.2) is 18.2 Å². The van der Waals surface area contributed by atoms with Crippen LogP contribution in [-0.4, -0.2) is 33.3 Å². The number of hydrogen-bond donors (Lipinski definition) is 4. The lowest BCUT2D eigenvalue weighted by molar-refractivity contribution is 0.0697. The van der Waals surface area contributed by atoms with Crippen molar-refractivity contribution in [3.05, 3.63) is 29.3 Å². The van der Waals surface area contributed by atoms with Gasteiger partial charge in [0.05, 0.1) is 12.2 Å². The molecule has 5 nitrogen and oxygen atoms in total. The molecule has 74 valence electrons. The highest BCUT2D eigenvalue weighted by atomic mass is 16.4. The predicted octanol–water partition coefficient (Wildman–Crippen LogP) is -1.44. The molecule has 0 atom stereocenters. The molecule has 0 spiro atoms. The second kappa shape index (κ2) is 4.23. The molecule has 0 amide bonds. The molecule has 6 heteroatoms. The average molecular weight is 196 g/mol. The van der Waals surface area contributed by atoms with Gasteiger partial charge in [-0.05, 0) is 23.2 Å². The fraction of sp³-hybridized carbons (Fsp3) is 0.125. The number of rotatable bonds is 3. The second-order valence-corrected chi connectivity index (χ2v) is 2.75. The van der Waals surface area contributed by atoms with E-state index in [0.717, 1.165) is 6.07 Å². The van der Waals surface area contributed by atoms with Gasteiger partial charge >= 0.3 is 13.1 Å². The lowest BCUT2D eigenvalue weighted by Crippen LogP contribution is -2.33. The first kappa shape index (κ1) is 10.7. The van der Waals surface area contributed by atoms with E-state index in [1.54, 1.807) is 0 Å². The summed E-state index contributed by atoms with van der Waals surface area (Å²) in [5, 5.41) is 35.2. The van der Waals surface area contributed by atoms with Crippen LogP contribution in [0.4, 0.5) is 0 Å². The Morgan fingerprint density at radius 3 is 2.43 bits per heavy atom. The quantitative estimate of drug-likeness (QED) is 0.443. The summed E-state index contributed by atoms with van der Waals surface area (Å²) in [5.74, 6) is -1.16. The highest BCUT2D eigenvalue weighted by Crippen LogP contribution is 2.03. The number of aliphatic hydroxyl groups is 1. The van der Waals surface area contributed by atoms with Gasteiger partial charge in [0.15, 0.2) is 0 Å². The van der Waals surface area contributed by atoms with Crippen molar-refractivity contribution in [1.82, 2.24) is 0 Å². The van der Waals surface area contributed by atoms with Gasteiger partial charge in [-0.2, -0.15) is 0 Å². The first-order chi connectivity index (χ1) is 6.56. The summed E-state index contributed by atoms with van der Waals surface area (Å²) in [4.78, 5) is 10.5. The molecule has 14 heavy (non-hydrogen) atoms. The van der Waals surface area contributed by atoms with Gasteiger partial charge in [-0.3, -0.25) is 0 Å². The maximum Gasteiger partial charge on any atom is 0.488 e. The number of carbonyl (C=O) groups is 1. The molecule has 0 radical (unpaired) electrons. The maximum absolute atomic E-state index is 10.5. The van der Waals surface area contributed by atoms with Crippen molar-refractivity contribution < 1.29 is 25.1 Å². The summed E-state index contributed by atoms with van der Waals surface area (Å²) in [7, 11) is -1.78. The Bertz CT molecular complexity index is 350. The lowest BCUT2D eigenvalue weighted by Gasteiger charge is -2.06. The van der Waals surface area contributed by atoms with Crippen LogP contribution in [0.25, 0.3) is 0 Å². The summed E-state index contributed by atoms with van der Waals surface area (Å²) in [6.45, 7) is -0.368. The Hall–Kier alpha value is -1.37. The van der Waals surface area contributed by atoms with Crippen LogP contribution in [-0.2, 0) is 6.61 Å². The minimum absolute atomic E-state index is 0.00685. The lowest BCUT2D eigenvalue weighted by atomic mass is 9.76. The first-order valence-electron chi connectivity index (χ1n) is 3.89. The number of carboxylic acids is 1. The van der Waals surface area contributed by atoms with E-state index in [1.165, 1.54) is 12.1 Å². The smallest absolute Gasteiger partial charge is 0.478 e. The molecule has 0 saturated heterocycles. The van der Waals surface area contributed by atoms with E-state index >= 15 is 0 Å². The van der Waals surface area contributed by atoms with Crippen LogP contribution in [0.5, 0.6) is 0 Å². The Morgan fingerprint density at radius 2 is 2.00 bits per heavy atom. The van der Waals surface area contributed by atoms with E-state index in [-0.39, 0.29) is 17.6 Å². The molecule has 0 aromatic heterocycles. The van der Waals surface area contributed by atoms with Crippen molar-refractivity contribution in [3.8, 4) is 0 Å². The van der Waals surface area contributed by atoms with Crippen LogP contribution >= 0.6 is 0 Å². The van der Waals surface area contributed by atoms with Crippen molar-refractivity contribution in [1.29, 1.82) is 0 Å². The van der Waals surface area contributed by atoms with Gasteiger partial charge in [-0.1, -0.05) is 6.07 Å². The molecule has 1 aromatic rings. The van der Waals surface area contributed by atoms with E-state index in [2.05, 4.69) is 0 Å². The normalized spacial score (nSPS) is 9.93. The van der Waals surface area contributed by atoms with Gasteiger partial charge < -0.3 is 20.3 Å². The highest BCUT2D eigenvalue weighted by molar-refractivity contribution is 6.59. The largest absolute Gasteiger partial charge is 0.488 e. The third-order valence-electron chi connectivity index (χ3n) is 1.84. The number of benzene rings is 1. The van der Waals surface area contributed by atoms with Gasteiger partial charge in [0.2, 0.25) is 0 Å². The standard InChI is InChI=1S/C8H9BO5/c10-4-6-2-1-5(8(11)12)3-7(6)9(13)14/h1-3,10,13-14H,4H2,(H,11,12). The second-order valence-electron chi connectivity index (χ2n) is 2.75. The molecule has 0 aliphatic rings. The van der Waals surface area contributed by atoms with Crippen molar-refractivity contribution in [2.45, 2.75) is 6.61 Å². The minimum Gasteiger partial charge on any atom is -0.478 e. The van der Waals surface area contributed by atoms with Crippen molar-refractivity contribution in [2.75, 3.05) is 0 Å². The van der Waals surface area contributed by atoms with Crippen LogP contribution < -0.4 is 5.46 Å². The molecule has 0 heterocycles. The zero-order valence-electron chi connectivity index (χ0n) is 7.21. The molecule has 1 aromatic carbocycles. The Balaban J connectivity index is 3.20. The third kappa shape index (κ3) is 2.11.